The van der Waals surface area contributed by atoms with Gasteiger partial charge < -0.3 is 24.8 Å². The molecular formula is C36H46N4O3. The lowest BCUT2D eigenvalue weighted by atomic mass is 9.72. The van der Waals surface area contributed by atoms with E-state index in [0.717, 1.165) is 53.5 Å². The summed E-state index contributed by atoms with van der Waals surface area (Å²) in [6.07, 6.45) is 4.57. The first-order chi connectivity index (χ1) is 20.8. The molecule has 1 aliphatic rings. The van der Waals surface area contributed by atoms with Gasteiger partial charge in [-0.25, -0.2) is 4.98 Å². The zero-order valence-electron chi connectivity index (χ0n) is 26.2. The molecule has 7 heteroatoms. The summed E-state index contributed by atoms with van der Waals surface area (Å²) in [5.41, 5.74) is 3.12. The Balaban J connectivity index is 1.14. The van der Waals surface area contributed by atoms with Gasteiger partial charge >= 0.3 is 0 Å². The van der Waals surface area contributed by atoms with Gasteiger partial charge in [0.1, 0.15) is 12.4 Å². The molecule has 5 rings (SSSR count). The van der Waals surface area contributed by atoms with Crippen molar-refractivity contribution in [2.45, 2.75) is 64.7 Å². The van der Waals surface area contributed by atoms with E-state index in [9.17, 15) is 5.11 Å². The smallest absolute Gasteiger partial charge is 0.225 e. The lowest BCUT2D eigenvalue weighted by molar-refractivity contribution is 0.0583. The van der Waals surface area contributed by atoms with Crippen molar-refractivity contribution in [1.29, 1.82) is 0 Å². The summed E-state index contributed by atoms with van der Waals surface area (Å²) >= 11 is 0. The molecule has 1 saturated carbocycles. The maximum atomic E-state index is 11.3. The maximum absolute atomic E-state index is 11.3. The summed E-state index contributed by atoms with van der Waals surface area (Å²) < 4.78 is 11.6. The molecule has 3 aromatic carbocycles. The Kier molecular flexibility index (Phi) is 10.0. The number of nitrogens with one attached hydrogen (secondary N) is 1. The van der Waals surface area contributed by atoms with Gasteiger partial charge in [0, 0.05) is 25.5 Å². The Bertz CT molecular complexity index is 1470. The molecule has 228 valence electrons. The van der Waals surface area contributed by atoms with Crippen LogP contribution in [0.3, 0.4) is 0 Å². The first-order valence-electron chi connectivity index (χ1n) is 15.5. The average molecular weight is 583 g/mol. The minimum Gasteiger partial charge on any atom is -0.493 e. The second-order valence-corrected chi connectivity index (χ2v) is 12.3. The van der Waals surface area contributed by atoms with E-state index in [0.29, 0.717) is 48.4 Å². The van der Waals surface area contributed by atoms with Crippen LogP contribution in [0.25, 0.3) is 10.9 Å². The van der Waals surface area contributed by atoms with E-state index in [-0.39, 0.29) is 5.92 Å². The Morgan fingerprint density at radius 2 is 1.60 bits per heavy atom. The number of aromatic nitrogens is 2. The van der Waals surface area contributed by atoms with Crippen LogP contribution in [0, 0.1) is 17.8 Å². The summed E-state index contributed by atoms with van der Waals surface area (Å²) in [5.74, 6) is 4.23. The summed E-state index contributed by atoms with van der Waals surface area (Å²) in [6.45, 7) is 4.99. The Morgan fingerprint density at radius 3 is 2.33 bits per heavy atom. The number of aliphatic hydroxyl groups excluding tert-OH is 1. The van der Waals surface area contributed by atoms with Crippen LogP contribution in [-0.4, -0.2) is 48.4 Å². The van der Waals surface area contributed by atoms with Crippen LogP contribution >= 0.6 is 0 Å². The van der Waals surface area contributed by atoms with Crippen molar-refractivity contribution in [3.8, 4) is 11.5 Å². The number of hydrogen-bond donors (Lipinski definition) is 2. The fourth-order valence-electron chi connectivity index (χ4n) is 6.34. The number of rotatable bonds is 12. The van der Waals surface area contributed by atoms with Gasteiger partial charge in [-0.2, -0.15) is 4.98 Å². The van der Waals surface area contributed by atoms with Gasteiger partial charge in [0.25, 0.3) is 0 Å². The third kappa shape index (κ3) is 7.57. The Hall–Kier alpha value is -3.84. The number of para-hydroxylation sites is 1. The molecule has 1 fully saturated rings. The molecule has 0 aliphatic heterocycles. The summed E-state index contributed by atoms with van der Waals surface area (Å²) in [7, 11) is 5.70. The van der Waals surface area contributed by atoms with Gasteiger partial charge in [0.15, 0.2) is 11.5 Å². The van der Waals surface area contributed by atoms with Crippen LogP contribution in [0.2, 0.25) is 0 Å². The monoisotopic (exact) mass is 582 g/mol. The first-order valence-corrected chi connectivity index (χ1v) is 15.5. The van der Waals surface area contributed by atoms with Crippen molar-refractivity contribution >= 4 is 22.7 Å². The van der Waals surface area contributed by atoms with Gasteiger partial charge in [-0.05, 0) is 85.3 Å². The van der Waals surface area contributed by atoms with Gasteiger partial charge in [0.2, 0.25) is 5.95 Å². The first kappa shape index (κ1) is 30.6. The zero-order valence-corrected chi connectivity index (χ0v) is 26.2. The Labute approximate surface area is 256 Å². The third-order valence-corrected chi connectivity index (χ3v) is 9.20. The van der Waals surface area contributed by atoms with Gasteiger partial charge in [0.05, 0.1) is 18.7 Å². The molecule has 1 heterocycles. The van der Waals surface area contributed by atoms with Crippen molar-refractivity contribution < 1.29 is 14.6 Å². The number of benzene rings is 3. The fourth-order valence-corrected chi connectivity index (χ4v) is 6.34. The number of hydrogen-bond acceptors (Lipinski definition) is 7. The van der Waals surface area contributed by atoms with Crippen molar-refractivity contribution in [3.05, 3.63) is 83.9 Å². The number of anilines is 2. The molecule has 7 nitrogen and oxygen atoms in total. The van der Waals surface area contributed by atoms with E-state index >= 15 is 0 Å². The minimum absolute atomic E-state index is 0.181. The lowest BCUT2D eigenvalue weighted by Crippen LogP contribution is -2.34. The molecule has 1 aliphatic carbocycles. The molecule has 2 N–H and O–H groups in total. The SMILES string of the molecule is COc1cc(CC(O)C(C)C(C)C2CCC(Nc3nc(N(C)C)c4ccccc4n3)CC2)ccc1OCc1ccccc1. The number of ether oxygens (including phenoxy) is 2. The van der Waals surface area contributed by atoms with Crippen molar-refractivity contribution in [2.24, 2.45) is 17.8 Å². The van der Waals surface area contributed by atoms with Gasteiger partial charge in [-0.15, -0.1) is 0 Å². The normalized spacial score (nSPS) is 18.9. The molecule has 0 radical (unpaired) electrons. The average Bonchev–Trinajstić information content (AvgIpc) is 3.03. The second-order valence-electron chi connectivity index (χ2n) is 12.3. The van der Waals surface area contributed by atoms with Gasteiger partial charge in [-0.3, -0.25) is 0 Å². The van der Waals surface area contributed by atoms with E-state index in [1.54, 1.807) is 7.11 Å². The molecule has 3 atom stereocenters. The summed E-state index contributed by atoms with van der Waals surface area (Å²) in [5, 5.41) is 15.9. The number of methoxy groups -OCH3 is 1. The summed E-state index contributed by atoms with van der Waals surface area (Å²) in [6, 6.07) is 24.6. The standard InChI is InChI=1S/C36H46N4O3/c1-24(25(2)32(41)21-27-15-20-33(34(22-27)42-5)43-23-26-11-7-6-8-12-26)28-16-18-29(19-17-28)37-36-38-31-14-10-9-13-30(31)35(39-36)40(3)4/h6-15,20,22,24-25,28-29,32,41H,16-19,21,23H2,1-5H3,(H,37,38,39). The van der Waals surface area contributed by atoms with Crippen LogP contribution < -0.4 is 19.7 Å². The van der Waals surface area contributed by atoms with E-state index in [1.165, 1.54) is 0 Å². The molecular weight excluding hydrogens is 536 g/mol. The number of fused-ring (bicyclic) bond motifs is 1. The molecule has 0 spiro atoms. The molecule has 4 aromatic rings. The Morgan fingerprint density at radius 1 is 0.884 bits per heavy atom. The van der Waals surface area contributed by atoms with Crippen LogP contribution in [-0.2, 0) is 13.0 Å². The predicted molar refractivity (Wildman–Crippen MR) is 175 cm³/mol. The van der Waals surface area contributed by atoms with Crippen molar-refractivity contribution in [3.63, 3.8) is 0 Å². The highest BCUT2D eigenvalue weighted by Crippen LogP contribution is 2.37. The van der Waals surface area contributed by atoms with E-state index < -0.39 is 6.10 Å². The molecule has 0 amide bonds. The van der Waals surface area contributed by atoms with Crippen LogP contribution in [0.15, 0.2) is 72.8 Å². The highest BCUT2D eigenvalue weighted by atomic mass is 16.5. The van der Waals surface area contributed by atoms with Gasteiger partial charge in [-0.1, -0.05) is 62.4 Å². The summed E-state index contributed by atoms with van der Waals surface area (Å²) in [4.78, 5) is 11.7. The lowest BCUT2D eigenvalue weighted by Gasteiger charge is -2.37. The van der Waals surface area contributed by atoms with Crippen molar-refractivity contribution in [2.75, 3.05) is 31.4 Å². The molecule has 0 saturated heterocycles. The topological polar surface area (TPSA) is 79.7 Å². The van der Waals surface area contributed by atoms with Crippen molar-refractivity contribution in [1.82, 2.24) is 9.97 Å². The number of aliphatic hydroxyl groups is 1. The maximum Gasteiger partial charge on any atom is 0.225 e. The predicted octanol–water partition coefficient (Wildman–Crippen LogP) is 7.13. The molecule has 43 heavy (non-hydrogen) atoms. The quantitative estimate of drug-likeness (QED) is 0.184. The van der Waals surface area contributed by atoms with E-state index in [2.05, 4.69) is 25.2 Å². The van der Waals surface area contributed by atoms with Crippen LogP contribution in [0.5, 0.6) is 11.5 Å². The zero-order chi connectivity index (χ0) is 30.3. The molecule has 3 unspecified atom stereocenters. The molecule has 1 aromatic heterocycles. The van der Waals surface area contributed by atoms with Crippen LogP contribution in [0.4, 0.5) is 11.8 Å². The van der Waals surface area contributed by atoms with E-state index in [1.807, 2.05) is 85.7 Å². The number of nitrogens with zero attached hydrogens (tertiary/aromatic N) is 3. The minimum atomic E-state index is -0.429. The van der Waals surface area contributed by atoms with E-state index in [4.69, 9.17) is 19.4 Å². The van der Waals surface area contributed by atoms with Crippen LogP contribution in [0.1, 0.15) is 50.7 Å². The third-order valence-electron chi connectivity index (χ3n) is 9.20. The largest absolute Gasteiger partial charge is 0.493 e. The highest BCUT2D eigenvalue weighted by molar-refractivity contribution is 5.90. The highest BCUT2D eigenvalue weighted by Gasteiger charge is 2.31. The fraction of sp³-hybridized carbons (Fsp3) is 0.444. The second kappa shape index (κ2) is 14.1. The molecule has 0 bridgehead atoms.